The minimum Gasteiger partial charge on any atom is -0.497 e. The molecule has 0 spiro atoms. The number of halogens is 1. The van der Waals surface area contributed by atoms with Crippen molar-refractivity contribution in [2.75, 3.05) is 18.2 Å². The minimum atomic E-state index is -0.443. The molecule has 6 nitrogen and oxygen atoms in total. The van der Waals surface area contributed by atoms with E-state index in [1.165, 1.54) is 17.8 Å². The maximum absolute atomic E-state index is 13.9. The van der Waals surface area contributed by atoms with Crippen LogP contribution in [0.3, 0.4) is 0 Å². The van der Waals surface area contributed by atoms with Gasteiger partial charge in [0.05, 0.1) is 18.6 Å². The highest BCUT2D eigenvalue weighted by Gasteiger charge is 2.14. The maximum Gasteiger partial charge on any atom is 0.234 e. The maximum atomic E-state index is 13.9. The second-order valence-electron chi connectivity index (χ2n) is 6.49. The third kappa shape index (κ3) is 5.35. The summed E-state index contributed by atoms with van der Waals surface area (Å²) in [6, 6.07) is 12.5. The molecule has 0 saturated heterocycles. The van der Waals surface area contributed by atoms with Gasteiger partial charge in [0.15, 0.2) is 5.16 Å². The molecule has 152 valence electrons. The fraction of sp³-hybridized carbons (Fsp3) is 0.286. The van der Waals surface area contributed by atoms with Crippen molar-refractivity contribution in [3.8, 4) is 5.75 Å². The number of aromatic nitrogens is 3. The Morgan fingerprint density at radius 2 is 1.97 bits per heavy atom. The molecule has 0 aliphatic rings. The summed E-state index contributed by atoms with van der Waals surface area (Å²) in [6.45, 7) is 4.49. The lowest BCUT2D eigenvalue weighted by Gasteiger charge is -2.09. The van der Waals surface area contributed by atoms with E-state index < -0.39 is 5.82 Å². The molecule has 0 saturated carbocycles. The average molecular weight is 415 g/mol. The van der Waals surface area contributed by atoms with Crippen molar-refractivity contribution in [1.82, 2.24) is 14.8 Å². The molecule has 0 bridgehead atoms. The third-order valence-corrected chi connectivity index (χ3v) is 5.33. The quantitative estimate of drug-likeness (QED) is 0.563. The average Bonchev–Trinajstić information content (AvgIpc) is 3.10. The van der Waals surface area contributed by atoms with Gasteiger partial charge >= 0.3 is 0 Å². The molecular formula is C21H23FN4O2S. The molecule has 2 aromatic carbocycles. The molecule has 1 amide bonds. The van der Waals surface area contributed by atoms with E-state index in [0.717, 1.165) is 22.7 Å². The van der Waals surface area contributed by atoms with Crippen molar-refractivity contribution in [1.29, 1.82) is 0 Å². The van der Waals surface area contributed by atoms with E-state index in [4.69, 9.17) is 4.74 Å². The lowest BCUT2D eigenvalue weighted by atomic mass is 10.1. The second kappa shape index (κ2) is 9.56. The number of ether oxygens (including phenoxy) is 1. The van der Waals surface area contributed by atoms with Crippen LogP contribution in [0.15, 0.2) is 47.6 Å². The lowest BCUT2D eigenvalue weighted by Crippen LogP contribution is -2.15. The van der Waals surface area contributed by atoms with E-state index in [2.05, 4.69) is 15.5 Å². The Morgan fingerprint density at radius 1 is 1.21 bits per heavy atom. The predicted octanol–water partition coefficient (Wildman–Crippen LogP) is 4.08. The van der Waals surface area contributed by atoms with Crippen LogP contribution in [0, 0.1) is 12.7 Å². The predicted molar refractivity (Wildman–Crippen MR) is 112 cm³/mol. The number of methoxy groups -OCH3 is 1. The number of hydrogen-bond donors (Lipinski definition) is 1. The van der Waals surface area contributed by atoms with Crippen molar-refractivity contribution >= 4 is 23.4 Å². The van der Waals surface area contributed by atoms with Crippen molar-refractivity contribution in [3.05, 3.63) is 65.2 Å². The highest BCUT2D eigenvalue weighted by Crippen LogP contribution is 2.21. The monoisotopic (exact) mass is 414 g/mol. The van der Waals surface area contributed by atoms with Gasteiger partial charge in [0.25, 0.3) is 0 Å². The van der Waals surface area contributed by atoms with Crippen molar-refractivity contribution in [2.45, 2.75) is 32.0 Å². The Balaban J connectivity index is 1.62. The molecule has 0 atom stereocenters. The Hall–Kier alpha value is -2.87. The summed E-state index contributed by atoms with van der Waals surface area (Å²) in [5.41, 5.74) is 2.07. The summed E-state index contributed by atoms with van der Waals surface area (Å²) in [4.78, 5) is 12.2. The molecule has 0 aliphatic carbocycles. The Bertz CT molecular complexity index is 989. The Labute approximate surface area is 173 Å². The van der Waals surface area contributed by atoms with Gasteiger partial charge in [0.1, 0.15) is 17.4 Å². The Kier molecular flexibility index (Phi) is 6.87. The Morgan fingerprint density at radius 3 is 2.62 bits per heavy atom. The first-order chi connectivity index (χ1) is 14.0. The van der Waals surface area contributed by atoms with Crippen LogP contribution < -0.4 is 10.1 Å². The van der Waals surface area contributed by atoms with E-state index in [1.54, 1.807) is 26.2 Å². The molecule has 3 aromatic rings. The van der Waals surface area contributed by atoms with Crippen LogP contribution in [0.25, 0.3) is 0 Å². The van der Waals surface area contributed by atoms with Crippen LogP contribution in [0.2, 0.25) is 0 Å². The molecule has 0 unspecified atom stereocenters. The lowest BCUT2D eigenvalue weighted by molar-refractivity contribution is -0.113. The van der Waals surface area contributed by atoms with E-state index >= 15 is 0 Å². The summed E-state index contributed by atoms with van der Waals surface area (Å²) in [5.74, 6) is 1.01. The number of hydrogen-bond acceptors (Lipinski definition) is 5. The van der Waals surface area contributed by atoms with Gasteiger partial charge in [-0.2, -0.15) is 0 Å². The number of rotatable bonds is 8. The van der Waals surface area contributed by atoms with Gasteiger partial charge in [-0.15, -0.1) is 10.2 Å². The van der Waals surface area contributed by atoms with Gasteiger partial charge < -0.3 is 14.6 Å². The van der Waals surface area contributed by atoms with E-state index in [1.807, 2.05) is 35.8 Å². The van der Waals surface area contributed by atoms with Crippen molar-refractivity contribution in [2.24, 2.45) is 0 Å². The highest BCUT2D eigenvalue weighted by molar-refractivity contribution is 7.99. The number of nitrogens with one attached hydrogen (secondary N) is 1. The van der Waals surface area contributed by atoms with Crippen LogP contribution in [0.4, 0.5) is 10.1 Å². The minimum absolute atomic E-state index is 0.119. The van der Waals surface area contributed by atoms with Crippen LogP contribution in [0.5, 0.6) is 5.75 Å². The molecule has 0 radical (unpaired) electrons. The van der Waals surface area contributed by atoms with E-state index in [9.17, 15) is 9.18 Å². The van der Waals surface area contributed by atoms with Crippen LogP contribution >= 0.6 is 11.8 Å². The van der Waals surface area contributed by atoms with Crippen molar-refractivity contribution < 1.29 is 13.9 Å². The summed E-state index contributed by atoms with van der Waals surface area (Å²) >= 11 is 1.28. The molecule has 8 heteroatoms. The number of carbonyl (C=O) groups is 1. The number of anilines is 1. The number of carbonyl (C=O) groups excluding carboxylic acids is 1. The van der Waals surface area contributed by atoms with Crippen molar-refractivity contribution in [3.63, 3.8) is 0 Å². The zero-order chi connectivity index (χ0) is 20.8. The zero-order valence-electron chi connectivity index (χ0n) is 16.6. The molecular weight excluding hydrogens is 391 g/mol. The van der Waals surface area contributed by atoms with Gasteiger partial charge in [-0.1, -0.05) is 30.0 Å². The number of aryl methyl sites for hydroxylation is 1. The fourth-order valence-corrected chi connectivity index (χ4v) is 3.66. The van der Waals surface area contributed by atoms with E-state index in [-0.39, 0.29) is 17.3 Å². The van der Waals surface area contributed by atoms with Gasteiger partial charge in [0.2, 0.25) is 5.91 Å². The first-order valence-corrected chi connectivity index (χ1v) is 10.2. The fourth-order valence-electron chi connectivity index (χ4n) is 2.84. The normalized spacial score (nSPS) is 10.8. The highest BCUT2D eigenvalue weighted by atomic mass is 32.2. The number of thioether (sulfide) groups is 1. The van der Waals surface area contributed by atoms with Gasteiger partial charge in [-0.25, -0.2) is 4.39 Å². The van der Waals surface area contributed by atoms with E-state index in [0.29, 0.717) is 18.1 Å². The summed E-state index contributed by atoms with van der Waals surface area (Å²) in [7, 11) is 1.63. The smallest absolute Gasteiger partial charge is 0.234 e. The molecule has 3 rings (SSSR count). The first-order valence-electron chi connectivity index (χ1n) is 9.24. The molecule has 1 N–H and O–H groups in total. The largest absolute Gasteiger partial charge is 0.497 e. The molecule has 0 aliphatic heterocycles. The summed E-state index contributed by atoms with van der Waals surface area (Å²) < 4.78 is 21.1. The zero-order valence-corrected chi connectivity index (χ0v) is 17.4. The van der Waals surface area contributed by atoms with Crippen LogP contribution in [0.1, 0.15) is 23.9 Å². The SMILES string of the molecule is CCn1c(Cc2ccc(OC)cc2)nnc1SCC(=O)Nc1ccc(C)cc1F. The molecule has 1 heterocycles. The molecule has 29 heavy (non-hydrogen) atoms. The molecule has 0 fully saturated rings. The first kappa shape index (κ1) is 20.9. The van der Waals surface area contributed by atoms with Crippen LogP contribution in [-0.2, 0) is 17.8 Å². The summed E-state index contributed by atoms with van der Waals surface area (Å²) in [5, 5.41) is 11.8. The van der Waals surface area contributed by atoms with Crippen LogP contribution in [-0.4, -0.2) is 33.5 Å². The van der Waals surface area contributed by atoms with Gasteiger partial charge in [-0.3, -0.25) is 4.79 Å². The second-order valence-corrected chi connectivity index (χ2v) is 7.43. The van der Waals surface area contributed by atoms with Gasteiger partial charge in [-0.05, 0) is 49.2 Å². The van der Waals surface area contributed by atoms with Gasteiger partial charge in [0, 0.05) is 13.0 Å². The summed E-state index contributed by atoms with van der Waals surface area (Å²) in [6.07, 6.45) is 0.631. The number of amides is 1. The number of benzene rings is 2. The third-order valence-electron chi connectivity index (χ3n) is 4.36. The molecule has 1 aromatic heterocycles. The number of nitrogens with zero attached hydrogens (tertiary/aromatic N) is 3. The topological polar surface area (TPSA) is 69.0 Å². The standard InChI is InChI=1S/C21H23FN4O2S/c1-4-26-19(12-15-6-8-16(28-3)9-7-15)24-25-21(26)29-13-20(27)23-18-10-5-14(2)11-17(18)22/h5-11H,4,12-13H2,1-3H3,(H,23,27).